The second-order valence-electron chi connectivity index (χ2n) is 4.30. The number of pyridine rings is 1. The van der Waals surface area contributed by atoms with E-state index in [2.05, 4.69) is 4.98 Å². The number of benzene rings is 2. The molecule has 1 heterocycles. The summed E-state index contributed by atoms with van der Waals surface area (Å²) in [5, 5.41) is 0.787. The highest BCUT2D eigenvalue weighted by molar-refractivity contribution is 6.06. The van der Waals surface area contributed by atoms with Gasteiger partial charge in [0.1, 0.15) is 0 Å². The maximum absolute atomic E-state index is 11.6. The molecule has 0 unspecified atom stereocenters. The number of amides is 1. The van der Waals surface area contributed by atoms with E-state index >= 15 is 0 Å². The van der Waals surface area contributed by atoms with E-state index in [1.54, 1.807) is 6.07 Å². The molecular weight excluding hydrogens is 236 g/mol. The number of carbonyl (C=O) groups is 1. The van der Waals surface area contributed by atoms with Gasteiger partial charge in [-0.3, -0.25) is 4.79 Å². The van der Waals surface area contributed by atoms with Crippen molar-refractivity contribution in [3.8, 4) is 11.3 Å². The first kappa shape index (κ1) is 11.4. The Morgan fingerprint density at radius 1 is 0.947 bits per heavy atom. The van der Waals surface area contributed by atoms with Gasteiger partial charge in [-0.15, -0.1) is 0 Å². The number of hydrogen-bond donors (Lipinski definition) is 1. The predicted octanol–water partition coefficient (Wildman–Crippen LogP) is 3.00. The van der Waals surface area contributed by atoms with Crippen LogP contribution in [0, 0.1) is 0 Å². The molecule has 92 valence electrons. The summed E-state index contributed by atoms with van der Waals surface area (Å²) < 4.78 is 0. The first-order valence-electron chi connectivity index (χ1n) is 6.01. The number of rotatable bonds is 2. The van der Waals surface area contributed by atoms with E-state index in [0.717, 1.165) is 22.2 Å². The number of primary amides is 1. The summed E-state index contributed by atoms with van der Waals surface area (Å²) in [7, 11) is 0. The van der Waals surface area contributed by atoms with Gasteiger partial charge in [-0.05, 0) is 12.1 Å². The highest BCUT2D eigenvalue weighted by Gasteiger charge is 2.10. The molecule has 3 heteroatoms. The van der Waals surface area contributed by atoms with Crippen LogP contribution < -0.4 is 5.73 Å². The van der Waals surface area contributed by atoms with Crippen LogP contribution in [0.3, 0.4) is 0 Å². The summed E-state index contributed by atoms with van der Waals surface area (Å²) in [4.78, 5) is 16.2. The number of nitrogens with two attached hydrogens (primary N) is 1. The maximum Gasteiger partial charge on any atom is 0.249 e. The van der Waals surface area contributed by atoms with Gasteiger partial charge in [-0.1, -0.05) is 48.5 Å². The van der Waals surface area contributed by atoms with Crippen LogP contribution in [0.1, 0.15) is 10.4 Å². The lowest BCUT2D eigenvalue weighted by Gasteiger charge is -2.07. The Kier molecular flexibility index (Phi) is 2.72. The van der Waals surface area contributed by atoms with E-state index < -0.39 is 5.91 Å². The lowest BCUT2D eigenvalue weighted by molar-refractivity contribution is 0.100. The van der Waals surface area contributed by atoms with E-state index in [1.807, 2.05) is 54.6 Å². The van der Waals surface area contributed by atoms with Crippen molar-refractivity contribution in [3.05, 3.63) is 66.2 Å². The SMILES string of the molecule is NC(=O)c1cc(-c2ccccc2)nc2ccccc12. The van der Waals surface area contributed by atoms with Crippen molar-refractivity contribution in [2.75, 3.05) is 0 Å². The van der Waals surface area contributed by atoms with Crippen LogP contribution in [0.4, 0.5) is 0 Å². The third kappa shape index (κ3) is 2.06. The summed E-state index contributed by atoms with van der Waals surface area (Å²) >= 11 is 0. The molecular formula is C16H12N2O. The number of aromatic nitrogens is 1. The van der Waals surface area contributed by atoms with Crippen molar-refractivity contribution >= 4 is 16.8 Å². The molecule has 19 heavy (non-hydrogen) atoms. The van der Waals surface area contributed by atoms with E-state index in [9.17, 15) is 4.79 Å². The van der Waals surface area contributed by atoms with E-state index in [0.29, 0.717) is 5.56 Å². The van der Waals surface area contributed by atoms with E-state index in [4.69, 9.17) is 5.73 Å². The monoisotopic (exact) mass is 248 g/mol. The topological polar surface area (TPSA) is 56.0 Å². The van der Waals surface area contributed by atoms with E-state index in [-0.39, 0.29) is 0 Å². The Labute approximate surface area is 110 Å². The third-order valence-electron chi connectivity index (χ3n) is 3.05. The summed E-state index contributed by atoms with van der Waals surface area (Å²) in [5.41, 5.74) is 8.47. The van der Waals surface area contributed by atoms with Crippen molar-refractivity contribution in [1.29, 1.82) is 0 Å². The lowest BCUT2D eigenvalue weighted by Crippen LogP contribution is -2.12. The minimum absolute atomic E-state index is 0.434. The zero-order valence-corrected chi connectivity index (χ0v) is 10.2. The van der Waals surface area contributed by atoms with Crippen LogP contribution in [0.5, 0.6) is 0 Å². The van der Waals surface area contributed by atoms with Gasteiger partial charge < -0.3 is 5.73 Å². The fraction of sp³-hybridized carbons (Fsp3) is 0. The van der Waals surface area contributed by atoms with Crippen LogP contribution in [-0.4, -0.2) is 10.9 Å². The standard InChI is InChI=1S/C16H12N2O/c17-16(19)13-10-15(11-6-2-1-3-7-11)18-14-9-5-4-8-12(13)14/h1-10H,(H2,17,19). The molecule has 3 aromatic rings. The van der Waals surface area contributed by atoms with Gasteiger partial charge in [-0.2, -0.15) is 0 Å². The lowest BCUT2D eigenvalue weighted by atomic mass is 10.0. The van der Waals surface area contributed by atoms with Crippen molar-refractivity contribution < 1.29 is 4.79 Å². The van der Waals surface area contributed by atoms with Gasteiger partial charge in [0.15, 0.2) is 0 Å². The van der Waals surface area contributed by atoms with Gasteiger partial charge in [0.25, 0.3) is 0 Å². The van der Waals surface area contributed by atoms with Gasteiger partial charge in [0, 0.05) is 10.9 Å². The number of nitrogens with zero attached hydrogens (tertiary/aromatic N) is 1. The number of fused-ring (bicyclic) bond motifs is 1. The van der Waals surface area contributed by atoms with Gasteiger partial charge >= 0.3 is 0 Å². The molecule has 0 fully saturated rings. The molecule has 0 bridgehead atoms. The van der Waals surface area contributed by atoms with E-state index in [1.165, 1.54) is 0 Å². The molecule has 0 radical (unpaired) electrons. The molecule has 0 saturated heterocycles. The maximum atomic E-state index is 11.6. The minimum atomic E-state index is -0.434. The second kappa shape index (κ2) is 4.53. The molecule has 1 amide bonds. The zero-order chi connectivity index (χ0) is 13.2. The van der Waals surface area contributed by atoms with Crippen molar-refractivity contribution in [3.63, 3.8) is 0 Å². The summed E-state index contributed by atoms with van der Waals surface area (Å²) in [6.07, 6.45) is 0. The Hall–Kier alpha value is -2.68. The third-order valence-corrected chi connectivity index (χ3v) is 3.05. The molecule has 3 rings (SSSR count). The van der Waals surface area contributed by atoms with Crippen LogP contribution in [0.25, 0.3) is 22.2 Å². The van der Waals surface area contributed by atoms with Gasteiger partial charge in [-0.25, -0.2) is 4.98 Å². The summed E-state index contributed by atoms with van der Waals surface area (Å²) in [6, 6.07) is 19.0. The Bertz CT molecular complexity index is 751. The fourth-order valence-electron chi connectivity index (χ4n) is 2.14. The molecule has 2 aromatic carbocycles. The van der Waals surface area contributed by atoms with Crippen molar-refractivity contribution in [2.24, 2.45) is 5.73 Å². The number of hydrogen-bond acceptors (Lipinski definition) is 2. The van der Waals surface area contributed by atoms with Crippen molar-refractivity contribution in [1.82, 2.24) is 4.98 Å². The summed E-state index contributed by atoms with van der Waals surface area (Å²) in [5.74, 6) is -0.434. The van der Waals surface area contributed by atoms with Crippen LogP contribution in [0.2, 0.25) is 0 Å². The van der Waals surface area contributed by atoms with Crippen molar-refractivity contribution in [2.45, 2.75) is 0 Å². The Morgan fingerprint density at radius 2 is 1.63 bits per heavy atom. The van der Waals surface area contributed by atoms with Crippen LogP contribution in [0.15, 0.2) is 60.7 Å². The number of carbonyl (C=O) groups excluding carboxylic acids is 1. The average Bonchev–Trinajstić information content (AvgIpc) is 2.47. The predicted molar refractivity (Wildman–Crippen MR) is 75.7 cm³/mol. The van der Waals surface area contributed by atoms with Crippen LogP contribution in [-0.2, 0) is 0 Å². The normalized spacial score (nSPS) is 10.5. The highest BCUT2D eigenvalue weighted by Crippen LogP contribution is 2.24. The second-order valence-corrected chi connectivity index (χ2v) is 4.30. The fourth-order valence-corrected chi connectivity index (χ4v) is 2.14. The van der Waals surface area contributed by atoms with Gasteiger partial charge in [0.05, 0.1) is 16.8 Å². The Balaban J connectivity index is 2.31. The first-order valence-corrected chi connectivity index (χ1v) is 6.01. The molecule has 0 aliphatic heterocycles. The zero-order valence-electron chi connectivity index (χ0n) is 10.2. The molecule has 0 atom stereocenters. The Morgan fingerprint density at radius 3 is 2.37 bits per heavy atom. The number of para-hydroxylation sites is 1. The molecule has 3 nitrogen and oxygen atoms in total. The average molecular weight is 248 g/mol. The molecule has 2 N–H and O–H groups in total. The largest absolute Gasteiger partial charge is 0.366 e. The molecule has 1 aromatic heterocycles. The minimum Gasteiger partial charge on any atom is -0.366 e. The molecule has 0 aliphatic rings. The quantitative estimate of drug-likeness (QED) is 0.758. The highest BCUT2D eigenvalue weighted by atomic mass is 16.1. The molecule has 0 spiro atoms. The van der Waals surface area contributed by atoms with Crippen LogP contribution >= 0.6 is 0 Å². The summed E-state index contributed by atoms with van der Waals surface area (Å²) in [6.45, 7) is 0. The van der Waals surface area contributed by atoms with Gasteiger partial charge in [0.2, 0.25) is 5.91 Å². The molecule has 0 aliphatic carbocycles. The first-order chi connectivity index (χ1) is 9.25. The molecule has 0 saturated carbocycles. The smallest absolute Gasteiger partial charge is 0.249 e.